The molecule has 3 nitrogen and oxygen atoms in total. The highest BCUT2D eigenvalue weighted by Crippen LogP contribution is 2.26. The van der Waals surface area contributed by atoms with Crippen molar-refractivity contribution in [1.29, 1.82) is 0 Å². The maximum Gasteiger partial charge on any atom is 0.244 e. The first-order valence-corrected chi connectivity index (χ1v) is 8.33. The minimum atomic E-state index is -4.13. The van der Waals surface area contributed by atoms with E-state index >= 15 is 0 Å². The summed E-state index contributed by atoms with van der Waals surface area (Å²) in [5.41, 5.74) is 0.615. The van der Waals surface area contributed by atoms with Gasteiger partial charge in [-0.25, -0.2) is 21.9 Å². The minimum Gasteiger partial charge on any atom is -0.207 e. The van der Waals surface area contributed by atoms with Gasteiger partial charge in [0.1, 0.15) is 16.5 Å². The molecule has 0 saturated carbocycles. The fourth-order valence-corrected chi connectivity index (χ4v) is 4.08. The van der Waals surface area contributed by atoms with Gasteiger partial charge in [0.25, 0.3) is 0 Å². The Balaban J connectivity index is 2.27. The molecule has 112 valence electrons. The number of benzene rings is 2. The SMILES string of the molecule is O=S(=O)(NCc1cccc(Cl)c1)c1c(F)cc(F)cc1Br. The Kier molecular flexibility index (Phi) is 4.98. The molecule has 0 aliphatic carbocycles. The summed E-state index contributed by atoms with van der Waals surface area (Å²) in [7, 11) is -4.13. The summed E-state index contributed by atoms with van der Waals surface area (Å²) in [5, 5.41) is 0.459. The first-order valence-electron chi connectivity index (χ1n) is 5.68. The molecule has 0 fully saturated rings. The standard InChI is InChI=1S/C13H9BrClF2NO2S/c14-11-5-10(16)6-12(17)13(11)21(19,20)18-7-8-2-1-3-9(15)4-8/h1-6,18H,7H2. The van der Waals surface area contributed by atoms with Gasteiger partial charge in [-0.05, 0) is 39.7 Å². The summed E-state index contributed by atoms with van der Waals surface area (Å²) in [6.07, 6.45) is 0. The molecule has 0 unspecified atom stereocenters. The van der Waals surface area contributed by atoms with Gasteiger partial charge in [-0.1, -0.05) is 23.7 Å². The fraction of sp³-hybridized carbons (Fsp3) is 0.0769. The van der Waals surface area contributed by atoms with E-state index in [4.69, 9.17) is 11.6 Å². The topological polar surface area (TPSA) is 46.2 Å². The molecule has 2 rings (SSSR count). The zero-order valence-corrected chi connectivity index (χ0v) is 13.6. The van der Waals surface area contributed by atoms with Crippen LogP contribution in [-0.4, -0.2) is 8.42 Å². The van der Waals surface area contributed by atoms with Gasteiger partial charge in [0.2, 0.25) is 10.0 Å². The maximum absolute atomic E-state index is 13.7. The molecule has 0 amide bonds. The number of hydrogen-bond donors (Lipinski definition) is 1. The molecule has 0 aliphatic rings. The van der Waals surface area contributed by atoms with Crippen LogP contribution in [0, 0.1) is 11.6 Å². The van der Waals surface area contributed by atoms with Gasteiger partial charge >= 0.3 is 0 Å². The first-order chi connectivity index (χ1) is 9.79. The van der Waals surface area contributed by atoms with Gasteiger partial charge in [0, 0.05) is 22.1 Å². The van der Waals surface area contributed by atoms with Crippen molar-refractivity contribution in [1.82, 2.24) is 4.72 Å². The number of sulfonamides is 1. The zero-order chi connectivity index (χ0) is 15.6. The monoisotopic (exact) mass is 395 g/mol. The van der Waals surface area contributed by atoms with E-state index in [1.807, 2.05) is 0 Å². The molecule has 0 radical (unpaired) electrons. The highest BCUT2D eigenvalue weighted by molar-refractivity contribution is 9.10. The molecule has 21 heavy (non-hydrogen) atoms. The van der Waals surface area contributed by atoms with Gasteiger partial charge in [-0.2, -0.15) is 0 Å². The Bertz CT molecular complexity index is 760. The largest absolute Gasteiger partial charge is 0.244 e. The number of rotatable bonds is 4. The van der Waals surface area contributed by atoms with E-state index in [0.29, 0.717) is 16.7 Å². The summed E-state index contributed by atoms with van der Waals surface area (Å²) in [5.74, 6) is -2.03. The van der Waals surface area contributed by atoms with Gasteiger partial charge in [-0.15, -0.1) is 0 Å². The average molecular weight is 397 g/mol. The van der Waals surface area contributed by atoms with Crippen LogP contribution in [-0.2, 0) is 16.6 Å². The summed E-state index contributed by atoms with van der Waals surface area (Å²) in [6.45, 7) is -0.0633. The number of hydrogen-bond acceptors (Lipinski definition) is 2. The Labute approximate surface area is 134 Å². The normalized spacial score (nSPS) is 11.6. The van der Waals surface area contributed by atoms with Gasteiger partial charge in [0.15, 0.2) is 0 Å². The van der Waals surface area contributed by atoms with Crippen molar-refractivity contribution in [3.63, 3.8) is 0 Å². The van der Waals surface area contributed by atoms with Crippen molar-refractivity contribution in [2.24, 2.45) is 0 Å². The third-order valence-electron chi connectivity index (χ3n) is 2.59. The minimum absolute atomic E-state index is 0.0633. The highest BCUT2D eigenvalue weighted by Gasteiger charge is 2.23. The van der Waals surface area contributed by atoms with Gasteiger partial charge in [0.05, 0.1) is 0 Å². The van der Waals surface area contributed by atoms with Crippen LogP contribution < -0.4 is 4.72 Å². The van der Waals surface area contributed by atoms with Crippen LogP contribution in [0.2, 0.25) is 5.02 Å². The summed E-state index contributed by atoms with van der Waals surface area (Å²) in [4.78, 5) is -0.633. The molecule has 1 N–H and O–H groups in total. The fourth-order valence-electron chi connectivity index (χ4n) is 1.68. The molecular weight excluding hydrogens is 388 g/mol. The molecule has 0 aliphatic heterocycles. The molecule has 0 bridgehead atoms. The van der Waals surface area contributed by atoms with Crippen molar-refractivity contribution < 1.29 is 17.2 Å². The number of nitrogens with one attached hydrogen (secondary N) is 1. The van der Waals surface area contributed by atoms with E-state index in [0.717, 1.165) is 6.07 Å². The van der Waals surface area contributed by atoms with E-state index in [1.165, 1.54) is 0 Å². The lowest BCUT2D eigenvalue weighted by Crippen LogP contribution is -2.24. The van der Waals surface area contributed by atoms with Gasteiger partial charge < -0.3 is 0 Å². The molecule has 0 spiro atoms. The smallest absolute Gasteiger partial charge is 0.207 e. The molecule has 0 heterocycles. The second kappa shape index (κ2) is 6.39. The van der Waals surface area contributed by atoms with Crippen LogP contribution in [0.15, 0.2) is 45.8 Å². The Morgan fingerprint density at radius 3 is 2.52 bits per heavy atom. The molecule has 2 aromatic carbocycles. The van der Waals surface area contributed by atoms with Crippen molar-refractivity contribution >= 4 is 37.6 Å². The molecule has 2 aromatic rings. The first kappa shape index (κ1) is 16.4. The van der Waals surface area contributed by atoms with E-state index < -0.39 is 26.6 Å². The molecule has 0 saturated heterocycles. The predicted molar refractivity (Wildman–Crippen MR) is 79.5 cm³/mol. The Morgan fingerprint density at radius 1 is 1.19 bits per heavy atom. The third-order valence-corrected chi connectivity index (χ3v) is 5.19. The zero-order valence-electron chi connectivity index (χ0n) is 10.4. The van der Waals surface area contributed by atoms with Crippen molar-refractivity contribution in [2.75, 3.05) is 0 Å². The van der Waals surface area contributed by atoms with E-state index in [-0.39, 0.29) is 11.0 Å². The van der Waals surface area contributed by atoms with Crippen molar-refractivity contribution in [3.05, 3.63) is 63.1 Å². The predicted octanol–water partition coefficient (Wildman–Crippen LogP) is 3.86. The lowest BCUT2D eigenvalue weighted by Gasteiger charge is -2.10. The van der Waals surface area contributed by atoms with E-state index in [1.54, 1.807) is 24.3 Å². The molecule has 0 atom stereocenters. The van der Waals surface area contributed by atoms with Crippen molar-refractivity contribution in [2.45, 2.75) is 11.4 Å². The van der Waals surface area contributed by atoms with Crippen LogP contribution in [0.25, 0.3) is 0 Å². The second-order valence-corrected chi connectivity index (χ2v) is 7.15. The average Bonchev–Trinajstić information content (AvgIpc) is 2.35. The van der Waals surface area contributed by atoms with Crippen LogP contribution in [0.5, 0.6) is 0 Å². The van der Waals surface area contributed by atoms with Crippen LogP contribution >= 0.6 is 27.5 Å². The van der Waals surface area contributed by atoms with Gasteiger partial charge in [-0.3, -0.25) is 0 Å². The molecule has 8 heteroatoms. The summed E-state index contributed by atoms with van der Waals surface area (Å²) < 4.78 is 53.0. The van der Waals surface area contributed by atoms with E-state index in [2.05, 4.69) is 20.7 Å². The summed E-state index contributed by atoms with van der Waals surface area (Å²) in [6, 6.07) is 7.97. The van der Waals surface area contributed by atoms with Crippen LogP contribution in [0.4, 0.5) is 8.78 Å². The van der Waals surface area contributed by atoms with E-state index in [9.17, 15) is 17.2 Å². The Morgan fingerprint density at radius 2 is 1.90 bits per heavy atom. The lowest BCUT2D eigenvalue weighted by molar-refractivity contribution is 0.540. The Hall–Kier alpha value is -1.02. The molecular formula is C13H9BrClF2NO2S. The quantitative estimate of drug-likeness (QED) is 0.853. The second-order valence-electron chi connectivity index (χ2n) is 4.15. The number of halogens is 4. The van der Waals surface area contributed by atoms with Crippen LogP contribution in [0.1, 0.15) is 5.56 Å². The van der Waals surface area contributed by atoms with Crippen molar-refractivity contribution in [3.8, 4) is 0 Å². The third kappa shape index (κ3) is 4.00. The lowest BCUT2D eigenvalue weighted by atomic mass is 10.2. The summed E-state index contributed by atoms with van der Waals surface area (Å²) >= 11 is 8.64. The maximum atomic E-state index is 13.7. The van der Waals surface area contributed by atoms with Crippen LogP contribution in [0.3, 0.4) is 0 Å². The highest BCUT2D eigenvalue weighted by atomic mass is 79.9. The molecule has 0 aromatic heterocycles.